The molecule has 1 aliphatic carbocycles. The molecule has 1 aromatic rings. The van der Waals surface area contributed by atoms with Gasteiger partial charge in [0.2, 0.25) is 0 Å². The van der Waals surface area contributed by atoms with E-state index in [4.69, 9.17) is 13.6 Å². The van der Waals surface area contributed by atoms with Gasteiger partial charge in [-0.3, -0.25) is 9.59 Å². The van der Waals surface area contributed by atoms with E-state index < -0.39 is 16.6 Å². The first kappa shape index (κ1) is 38.9. The average Bonchev–Trinajstić information content (AvgIpc) is 3.22. The van der Waals surface area contributed by atoms with Crippen molar-refractivity contribution < 1.29 is 23.2 Å². The summed E-state index contributed by atoms with van der Waals surface area (Å²) in [6.45, 7) is 25.3. The molecule has 0 spiro atoms. The van der Waals surface area contributed by atoms with Crippen LogP contribution in [0, 0.1) is 5.92 Å². The van der Waals surface area contributed by atoms with Gasteiger partial charge in [0.1, 0.15) is 5.78 Å². The van der Waals surface area contributed by atoms with Crippen molar-refractivity contribution in [3.63, 3.8) is 0 Å². The third kappa shape index (κ3) is 10.9. The first-order valence-corrected chi connectivity index (χ1v) is 23.2. The van der Waals surface area contributed by atoms with E-state index in [-0.39, 0.29) is 40.1 Å². The lowest BCUT2D eigenvalue weighted by atomic mass is 9.83. The monoisotopic (exact) mass is 646 g/mol. The van der Waals surface area contributed by atoms with Crippen LogP contribution in [0.5, 0.6) is 0 Å². The maximum Gasteiger partial charge on any atom is 0.305 e. The molecular formula is C37H66O5Si2. The number of ether oxygens (including phenoxy) is 1. The van der Waals surface area contributed by atoms with E-state index in [1.54, 1.807) is 0 Å². The molecule has 1 saturated carbocycles. The van der Waals surface area contributed by atoms with Crippen molar-refractivity contribution in [2.24, 2.45) is 5.92 Å². The summed E-state index contributed by atoms with van der Waals surface area (Å²) < 4.78 is 18.8. The standard InChI is InChI=1S/C37H66O5Si2/c1-13-14-17-21-32(41-43(9,10)36(2,3)4)28-23-25-29(26-24-28)35-30(20-18-15-16-19-22-34(39)40-8)31(38)27-33(35)42-44(11,12)37(5,6)7/h23-26,30,32-33,35H,13-22,27H2,1-12H3/t30-,32?,33+,35+/m0/s1. The minimum atomic E-state index is -2.07. The summed E-state index contributed by atoms with van der Waals surface area (Å²) in [5.41, 5.74) is 2.47. The van der Waals surface area contributed by atoms with Crippen LogP contribution in [-0.4, -0.2) is 41.6 Å². The van der Waals surface area contributed by atoms with Crippen molar-refractivity contribution in [3.8, 4) is 0 Å². The molecule has 0 radical (unpaired) electrons. The molecule has 1 aromatic carbocycles. The van der Waals surface area contributed by atoms with Gasteiger partial charge < -0.3 is 13.6 Å². The van der Waals surface area contributed by atoms with Gasteiger partial charge in [0.15, 0.2) is 16.6 Å². The molecule has 252 valence electrons. The average molecular weight is 647 g/mol. The van der Waals surface area contributed by atoms with Crippen molar-refractivity contribution in [2.75, 3.05) is 7.11 Å². The summed E-state index contributed by atoms with van der Waals surface area (Å²) in [5, 5.41) is 0.232. The Bertz CT molecular complexity index is 1040. The molecule has 0 aliphatic heterocycles. The number of hydrogen-bond donors (Lipinski definition) is 0. The second-order valence-electron chi connectivity index (χ2n) is 16.3. The van der Waals surface area contributed by atoms with Gasteiger partial charge in [-0.25, -0.2) is 0 Å². The molecule has 4 atom stereocenters. The molecule has 7 heteroatoms. The number of esters is 1. The van der Waals surface area contributed by atoms with Crippen LogP contribution in [0.1, 0.15) is 142 Å². The highest BCUT2D eigenvalue weighted by Gasteiger charge is 2.48. The van der Waals surface area contributed by atoms with Gasteiger partial charge >= 0.3 is 5.97 Å². The predicted octanol–water partition coefficient (Wildman–Crippen LogP) is 10.9. The van der Waals surface area contributed by atoms with E-state index in [1.807, 2.05) is 0 Å². The Kier molecular flexibility index (Phi) is 14.6. The van der Waals surface area contributed by atoms with E-state index in [2.05, 4.69) is 98.9 Å². The summed E-state index contributed by atoms with van der Waals surface area (Å²) in [6.07, 6.45) is 10.3. The molecule has 1 fully saturated rings. The normalized spacial score (nSPS) is 20.6. The second kappa shape index (κ2) is 16.5. The minimum absolute atomic E-state index is 0.0277. The topological polar surface area (TPSA) is 61.8 Å². The molecule has 0 heterocycles. The lowest BCUT2D eigenvalue weighted by Crippen LogP contribution is -2.44. The van der Waals surface area contributed by atoms with E-state index in [1.165, 1.54) is 37.5 Å². The van der Waals surface area contributed by atoms with Gasteiger partial charge in [-0.15, -0.1) is 0 Å². The molecule has 2 rings (SSSR count). The van der Waals surface area contributed by atoms with E-state index in [0.29, 0.717) is 18.6 Å². The number of Topliss-reactive ketones (excluding diaryl/α,β-unsaturated/α-hetero) is 1. The molecule has 1 aliphatic rings. The van der Waals surface area contributed by atoms with Gasteiger partial charge in [0, 0.05) is 24.7 Å². The lowest BCUT2D eigenvalue weighted by Gasteiger charge is -2.40. The fraction of sp³-hybridized carbons (Fsp3) is 0.784. The summed E-state index contributed by atoms with van der Waals surface area (Å²) >= 11 is 0. The maximum absolute atomic E-state index is 13.6. The highest BCUT2D eigenvalue weighted by atomic mass is 28.4. The van der Waals surface area contributed by atoms with Crippen molar-refractivity contribution in [2.45, 2.75) is 173 Å². The summed E-state index contributed by atoms with van der Waals surface area (Å²) in [4.78, 5) is 25.1. The zero-order valence-electron chi connectivity index (χ0n) is 30.4. The van der Waals surface area contributed by atoms with Crippen LogP contribution in [0.2, 0.25) is 36.3 Å². The molecular weight excluding hydrogens is 581 g/mol. The molecule has 0 aromatic heterocycles. The van der Waals surface area contributed by atoms with Crippen LogP contribution in [-0.2, 0) is 23.2 Å². The number of hydrogen-bond acceptors (Lipinski definition) is 5. The van der Waals surface area contributed by atoms with Crippen molar-refractivity contribution in [3.05, 3.63) is 35.4 Å². The first-order chi connectivity index (χ1) is 20.3. The van der Waals surface area contributed by atoms with Crippen LogP contribution in [0.25, 0.3) is 0 Å². The Labute approximate surface area is 272 Å². The molecule has 1 unspecified atom stereocenters. The Morgan fingerprint density at radius 2 is 1.45 bits per heavy atom. The number of carbonyl (C=O) groups is 2. The number of carbonyl (C=O) groups excluding carboxylic acids is 2. The fourth-order valence-electron chi connectivity index (χ4n) is 5.82. The number of unbranched alkanes of at least 4 members (excludes halogenated alkanes) is 5. The van der Waals surface area contributed by atoms with Gasteiger partial charge in [-0.05, 0) is 66.7 Å². The molecule has 0 bridgehead atoms. The van der Waals surface area contributed by atoms with Crippen molar-refractivity contribution in [1.29, 1.82) is 0 Å². The lowest BCUT2D eigenvalue weighted by molar-refractivity contribution is -0.140. The second-order valence-corrected chi connectivity index (χ2v) is 25.8. The summed E-state index contributed by atoms with van der Waals surface area (Å²) in [7, 11) is -2.57. The molecule has 0 amide bonds. The van der Waals surface area contributed by atoms with Crippen LogP contribution in [0.4, 0.5) is 0 Å². The Balaban J connectivity index is 2.33. The van der Waals surface area contributed by atoms with E-state index in [0.717, 1.165) is 38.5 Å². The molecule has 0 N–H and O–H groups in total. The number of benzene rings is 1. The van der Waals surface area contributed by atoms with Crippen molar-refractivity contribution >= 4 is 28.4 Å². The van der Waals surface area contributed by atoms with E-state index in [9.17, 15) is 9.59 Å². The number of methoxy groups -OCH3 is 1. The number of ketones is 1. The smallest absolute Gasteiger partial charge is 0.305 e. The van der Waals surface area contributed by atoms with Crippen LogP contribution in [0.3, 0.4) is 0 Å². The molecule has 5 nitrogen and oxygen atoms in total. The minimum Gasteiger partial charge on any atom is -0.469 e. The van der Waals surface area contributed by atoms with Gasteiger partial charge in [-0.1, -0.05) is 111 Å². The largest absolute Gasteiger partial charge is 0.469 e. The zero-order valence-corrected chi connectivity index (χ0v) is 32.4. The zero-order chi connectivity index (χ0) is 33.3. The van der Waals surface area contributed by atoms with E-state index >= 15 is 0 Å². The SMILES string of the molecule is CCCCCC(O[Si](C)(C)C(C)(C)C)c1ccc([C@H]2[C@H](O[Si](C)(C)C(C)(C)C)CC(=O)[C@@H]2CCCCCCC(=O)OC)cc1. The highest BCUT2D eigenvalue weighted by Crippen LogP contribution is 2.47. The fourth-order valence-corrected chi connectivity index (χ4v) is 8.48. The molecule has 44 heavy (non-hydrogen) atoms. The van der Waals surface area contributed by atoms with Crippen LogP contribution >= 0.6 is 0 Å². The Morgan fingerprint density at radius 3 is 2.00 bits per heavy atom. The van der Waals surface area contributed by atoms with Crippen LogP contribution < -0.4 is 0 Å². The maximum atomic E-state index is 13.6. The van der Waals surface area contributed by atoms with Crippen LogP contribution in [0.15, 0.2) is 24.3 Å². The first-order valence-electron chi connectivity index (χ1n) is 17.4. The van der Waals surface area contributed by atoms with Crippen molar-refractivity contribution in [1.82, 2.24) is 0 Å². The third-order valence-corrected chi connectivity index (χ3v) is 19.8. The number of rotatable bonds is 17. The molecule has 0 saturated heterocycles. The predicted molar refractivity (Wildman–Crippen MR) is 189 cm³/mol. The van der Waals surface area contributed by atoms with Gasteiger partial charge in [0.25, 0.3) is 0 Å². The summed E-state index contributed by atoms with van der Waals surface area (Å²) in [6, 6.07) is 9.09. The quantitative estimate of drug-likeness (QED) is 0.0957. The van der Waals surface area contributed by atoms with Gasteiger partial charge in [0.05, 0.1) is 19.3 Å². The summed E-state index contributed by atoms with van der Waals surface area (Å²) in [5.74, 6) is 0.240. The Morgan fingerprint density at radius 1 is 0.864 bits per heavy atom. The third-order valence-electron chi connectivity index (χ3n) is 10.8. The Hall–Kier alpha value is -1.29. The van der Waals surface area contributed by atoms with Gasteiger partial charge in [-0.2, -0.15) is 0 Å². The highest BCUT2D eigenvalue weighted by molar-refractivity contribution is 6.74.